The average molecular weight is 235 g/mol. The van der Waals surface area contributed by atoms with Crippen molar-refractivity contribution in [3.05, 3.63) is 18.2 Å². The molecular weight excluding hydrogens is 218 g/mol. The van der Waals surface area contributed by atoms with Crippen molar-refractivity contribution in [3.63, 3.8) is 0 Å². The summed E-state index contributed by atoms with van der Waals surface area (Å²) in [5.74, 6) is 0.368. The molecule has 0 aliphatic carbocycles. The molecule has 0 spiro atoms. The number of anilines is 2. The number of ether oxygens (including phenoxy) is 1. The van der Waals surface area contributed by atoms with Gasteiger partial charge in [0.15, 0.2) is 0 Å². The molecule has 0 bridgehead atoms. The molecule has 0 atom stereocenters. The van der Waals surface area contributed by atoms with Crippen LogP contribution in [0.25, 0.3) is 0 Å². The number of carbonyl (C=O) groups excluding carboxylic acids is 1. The molecule has 1 aromatic carbocycles. The smallest absolute Gasteiger partial charge is 0.236 e. The van der Waals surface area contributed by atoms with Gasteiger partial charge in [-0.3, -0.25) is 4.79 Å². The number of rotatable bonds is 2. The molecule has 5 heteroatoms. The fourth-order valence-corrected chi connectivity index (χ4v) is 2.07. The predicted molar refractivity (Wildman–Crippen MR) is 67.0 cm³/mol. The molecule has 1 aromatic rings. The van der Waals surface area contributed by atoms with Gasteiger partial charge < -0.3 is 21.1 Å². The zero-order valence-electron chi connectivity index (χ0n) is 10.1. The third-order valence-electron chi connectivity index (χ3n) is 2.63. The largest absolute Gasteiger partial charge is 0.484 e. The van der Waals surface area contributed by atoms with E-state index in [0.717, 1.165) is 11.4 Å². The van der Waals surface area contributed by atoms with E-state index in [2.05, 4.69) is 0 Å². The second kappa shape index (κ2) is 3.84. The summed E-state index contributed by atoms with van der Waals surface area (Å²) in [4.78, 5) is 13.0. The van der Waals surface area contributed by atoms with E-state index in [1.165, 1.54) is 0 Å². The molecule has 1 amide bonds. The van der Waals surface area contributed by atoms with Crippen LogP contribution in [0.1, 0.15) is 13.8 Å². The van der Waals surface area contributed by atoms with E-state index < -0.39 is 0 Å². The Balaban J connectivity index is 2.40. The van der Waals surface area contributed by atoms with Crippen LogP contribution in [0.4, 0.5) is 11.4 Å². The Morgan fingerprint density at radius 2 is 2.24 bits per heavy atom. The number of primary amides is 1. The number of benzene rings is 1. The monoisotopic (exact) mass is 235 g/mol. The lowest BCUT2D eigenvalue weighted by Gasteiger charge is -2.40. The summed E-state index contributed by atoms with van der Waals surface area (Å²) in [6, 6.07) is 5.40. The van der Waals surface area contributed by atoms with Crippen LogP contribution in [0.3, 0.4) is 0 Å². The van der Waals surface area contributed by atoms with Gasteiger partial charge in [0.2, 0.25) is 5.91 Å². The molecule has 1 aliphatic rings. The highest BCUT2D eigenvalue weighted by molar-refractivity contribution is 5.81. The van der Waals surface area contributed by atoms with Gasteiger partial charge in [-0.25, -0.2) is 0 Å². The van der Waals surface area contributed by atoms with Crippen LogP contribution >= 0.6 is 0 Å². The lowest BCUT2D eigenvalue weighted by atomic mass is 10.0. The van der Waals surface area contributed by atoms with Crippen molar-refractivity contribution in [2.24, 2.45) is 5.73 Å². The minimum Gasteiger partial charge on any atom is -0.484 e. The van der Waals surface area contributed by atoms with E-state index in [-0.39, 0.29) is 18.1 Å². The molecule has 17 heavy (non-hydrogen) atoms. The van der Waals surface area contributed by atoms with Gasteiger partial charge in [-0.1, -0.05) is 0 Å². The normalized spacial score (nSPS) is 17.2. The number of nitrogens with two attached hydrogens (primary N) is 2. The van der Waals surface area contributed by atoms with Gasteiger partial charge in [-0.2, -0.15) is 0 Å². The Morgan fingerprint density at radius 1 is 1.53 bits per heavy atom. The van der Waals surface area contributed by atoms with Crippen LogP contribution in [-0.2, 0) is 4.79 Å². The number of nitrogen functional groups attached to an aromatic ring is 1. The maximum atomic E-state index is 11.1. The molecule has 0 radical (unpaired) electrons. The predicted octanol–water partition coefficient (Wildman–Crippen LogP) is 0.731. The van der Waals surface area contributed by atoms with E-state index in [1.807, 2.05) is 24.8 Å². The van der Waals surface area contributed by atoms with Gasteiger partial charge in [0.05, 0.1) is 18.8 Å². The number of hydrogen-bond donors (Lipinski definition) is 2. The Hall–Kier alpha value is -1.91. The third kappa shape index (κ3) is 2.43. The van der Waals surface area contributed by atoms with Gasteiger partial charge in [0, 0.05) is 5.69 Å². The minimum absolute atomic E-state index is 0.170. The van der Waals surface area contributed by atoms with Gasteiger partial charge in [0.1, 0.15) is 11.4 Å². The molecule has 92 valence electrons. The summed E-state index contributed by atoms with van der Waals surface area (Å²) in [5.41, 5.74) is 12.1. The summed E-state index contributed by atoms with van der Waals surface area (Å²) in [6.07, 6.45) is 0. The Morgan fingerprint density at radius 3 is 2.88 bits per heavy atom. The molecular formula is C12H17N3O2. The molecule has 0 unspecified atom stereocenters. The molecule has 1 heterocycles. The molecule has 4 N–H and O–H groups in total. The number of hydrogen-bond acceptors (Lipinski definition) is 4. The van der Waals surface area contributed by atoms with E-state index >= 15 is 0 Å². The molecule has 0 saturated heterocycles. The van der Waals surface area contributed by atoms with Crippen molar-refractivity contribution in [3.8, 4) is 5.75 Å². The Labute approximate surface area is 100 Å². The summed E-state index contributed by atoms with van der Waals surface area (Å²) >= 11 is 0. The number of nitrogens with zero attached hydrogens (tertiary/aromatic N) is 1. The van der Waals surface area contributed by atoms with E-state index in [0.29, 0.717) is 12.2 Å². The average Bonchev–Trinajstić information content (AvgIpc) is 2.17. The molecule has 5 nitrogen and oxygen atoms in total. The highest BCUT2D eigenvalue weighted by Crippen LogP contribution is 2.37. The quantitative estimate of drug-likeness (QED) is 0.740. The summed E-state index contributed by atoms with van der Waals surface area (Å²) in [5, 5.41) is 0. The molecule has 0 aromatic heterocycles. The second-order valence-electron chi connectivity index (χ2n) is 4.91. The van der Waals surface area contributed by atoms with Crippen molar-refractivity contribution >= 4 is 17.3 Å². The van der Waals surface area contributed by atoms with Crippen molar-refractivity contribution in [1.82, 2.24) is 0 Å². The highest BCUT2D eigenvalue weighted by Gasteiger charge is 2.32. The van der Waals surface area contributed by atoms with Crippen LogP contribution < -0.4 is 21.1 Å². The van der Waals surface area contributed by atoms with Gasteiger partial charge in [-0.15, -0.1) is 0 Å². The fourth-order valence-electron chi connectivity index (χ4n) is 2.07. The molecule has 0 saturated carbocycles. The van der Waals surface area contributed by atoms with Gasteiger partial charge in [-0.05, 0) is 32.0 Å². The summed E-state index contributed by atoms with van der Waals surface area (Å²) in [6.45, 7) is 4.72. The Bertz CT molecular complexity index is 457. The van der Waals surface area contributed by atoms with Crippen molar-refractivity contribution in [2.75, 3.05) is 23.7 Å². The maximum Gasteiger partial charge on any atom is 0.236 e. The Kier molecular flexibility index (Phi) is 2.61. The number of amides is 1. The first-order chi connectivity index (χ1) is 7.87. The van der Waals surface area contributed by atoms with Crippen molar-refractivity contribution in [1.29, 1.82) is 0 Å². The van der Waals surface area contributed by atoms with E-state index in [1.54, 1.807) is 12.1 Å². The van der Waals surface area contributed by atoms with Gasteiger partial charge >= 0.3 is 0 Å². The summed E-state index contributed by atoms with van der Waals surface area (Å²) in [7, 11) is 0. The van der Waals surface area contributed by atoms with E-state index in [4.69, 9.17) is 16.2 Å². The SMILES string of the molecule is CC1(C)CN(CC(N)=O)c2cc(N)ccc2O1. The first-order valence-corrected chi connectivity index (χ1v) is 5.49. The van der Waals surface area contributed by atoms with Crippen LogP contribution in [-0.4, -0.2) is 24.6 Å². The number of carbonyl (C=O) groups is 1. The van der Waals surface area contributed by atoms with Crippen LogP contribution in [0.15, 0.2) is 18.2 Å². The highest BCUT2D eigenvalue weighted by atomic mass is 16.5. The lowest BCUT2D eigenvalue weighted by molar-refractivity contribution is -0.116. The third-order valence-corrected chi connectivity index (χ3v) is 2.63. The zero-order valence-corrected chi connectivity index (χ0v) is 10.1. The molecule has 0 fully saturated rings. The minimum atomic E-state index is -0.365. The lowest BCUT2D eigenvalue weighted by Crippen LogP contribution is -2.49. The summed E-state index contributed by atoms with van der Waals surface area (Å²) < 4.78 is 5.84. The topological polar surface area (TPSA) is 81.6 Å². The first kappa shape index (κ1) is 11.6. The first-order valence-electron chi connectivity index (χ1n) is 5.49. The standard InChI is InChI=1S/C12H17N3O2/c1-12(2)7-15(6-11(14)16)9-5-8(13)3-4-10(9)17-12/h3-5H,6-7,13H2,1-2H3,(H2,14,16). The van der Waals surface area contributed by atoms with Crippen molar-refractivity contribution in [2.45, 2.75) is 19.4 Å². The molecule has 2 rings (SSSR count). The zero-order chi connectivity index (χ0) is 12.6. The van der Waals surface area contributed by atoms with Crippen molar-refractivity contribution < 1.29 is 9.53 Å². The van der Waals surface area contributed by atoms with Crippen LogP contribution in [0.5, 0.6) is 5.75 Å². The van der Waals surface area contributed by atoms with E-state index in [9.17, 15) is 4.79 Å². The number of fused-ring (bicyclic) bond motifs is 1. The van der Waals surface area contributed by atoms with Gasteiger partial charge in [0.25, 0.3) is 0 Å². The fraction of sp³-hybridized carbons (Fsp3) is 0.417. The van der Waals surface area contributed by atoms with Crippen LogP contribution in [0, 0.1) is 0 Å². The maximum absolute atomic E-state index is 11.1. The van der Waals surface area contributed by atoms with Crippen LogP contribution in [0.2, 0.25) is 0 Å². The molecule has 1 aliphatic heterocycles. The second-order valence-corrected chi connectivity index (χ2v) is 4.91.